The molecule has 2 heterocycles. The molecule has 1 N–H and O–H groups in total. The lowest BCUT2D eigenvalue weighted by molar-refractivity contribution is -0.135. The van der Waals surface area contributed by atoms with Crippen LogP contribution in [0, 0.1) is 0 Å². The Morgan fingerprint density at radius 3 is 2.64 bits per heavy atom. The third kappa shape index (κ3) is 4.27. The maximum absolute atomic E-state index is 13.1. The Hall–Kier alpha value is -2.18. The smallest absolute Gasteiger partial charge is 0.240 e. The first-order valence-electron chi connectivity index (χ1n) is 8.72. The Morgan fingerprint density at radius 2 is 2.00 bits per heavy atom. The summed E-state index contributed by atoms with van der Waals surface area (Å²) in [5, 5.41) is 3.24. The molecule has 0 aliphatic carbocycles. The van der Waals surface area contributed by atoms with E-state index in [4.69, 9.17) is 4.74 Å². The highest BCUT2D eigenvalue weighted by atomic mass is 16.5. The molecule has 0 saturated carbocycles. The Labute approximate surface area is 148 Å². The number of hydrogen-bond acceptors (Lipinski definition) is 4. The largest absolute Gasteiger partial charge is 0.379 e. The first kappa shape index (κ1) is 17.6. The van der Waals surface area contributed by atoms with Crippen LogP contribution < -0.4 is 5.32 Å². The molecule has 6 heteroatoms. The highest BCUT2D eigenvalue weighted by Crippen LogP contribution is 2.20. The summed E-state index contributed by atoms with van der Waals surface area (Å²) in [6.45, 7) is 7.51. The molecule has 1 saturated heterocycles. The normalized spacial score (nSPS) is 17.2. The number of carbonyl (C=O) groups excluding carboxylic acids is 1. The highest BCUT2D eigenvalue weighted by Gasteiger charge is 2.36. The molecule has 0 spiro atoms. The Kier molecular flexibility index (Phi) is 5.50. The van der Waals surface area contributed by atoms with Crippen molar-refractivity contribution in [3.05, 3.63) is 54.6 Å². The zero-order valence-electron chi connectivity index (χ0n) is 14.9. The van der Waals surface area contributed by atoms with Crippen molar-refractivity contribution in [1.29, 1.82) is 0 Å². The van der Waals surface area contributed by atoms with E-state index in [1.54, 1.807) is 12.5 Å². The molecule has 1 unspecified atom stereocenters. The minimum atomic E-state index is -0.578. The fourth-order valence-corrected chi connectivity index (χ4v) is 3.13. The summed E-state index contributed by atoms with van der Waals surface area (Å²) in [6, 6.07) is 9.96. The van der Waals surface area contributed by atoms with Gasteiger partial charge in [0.1, 0.15) is 0 Å². The number of nitrogens with one attached hydrogen (secondary N) is 1. The first-order valence-corrected chi connectivity index (χ1v) is 8.72. The minimum Gasteiger partial charge on any atom is -0.379 e. The van der Waals surface area contributed by atoms with Gasteiger partial charge < -0.3 is 14.6 Å². The van der Waals surface area contributed by atoms with Crippen molar-refractivity contribution in [3.63, 3.8) is 0 Å². The Bertz CT molecular complexity index is 664. The van der Waals surface area contributed by atoms with Gasteiger partial charge in [-0.1, -0.05) is 30.3 Å². The van der Waals surface area contributed by atoms with Gasteiger partial charge in [-0.2, -0.15) is 0 Å². The first-order chi connectivity index (χ1) is 12.1. The molecule has 2 aromatic rings. The number of ether oxygens (including phenoxy) is 1. The molecular weight excluding hydrogens is 316 g/mol. The average Bonchev–Trinajstić information content (AvgIpc) is 3.15. The number of benzene rings is 1. The summed E-state index contributed by atoms with van der Waals surface area (Å²) < 4.78 is 7.40. The second-order valence-electron chi connectivity index (χ2n) is 6.85. The number of aromatic nitrogens is 2. The third-order valence-corrected chi connectivity index (χ3v) is 4.82. The summed E-state index contributed by atoms with van der Waals surface area (Å²) in [7, 11) is 0. The van der Waals surface area contributed by atoms with E-state index in [9.17, 15) is 4.79 Å². The average molecular weight is 342 g/mol. The lowest BCUT2D eigenvalue weighted by atomic mass is 9.98. The summed E-state index contributed by atoms with van der Waals surface area (Å²) >= 11 is 0. The van der Waals surface area contributed by atoms with E-state index in [0.29, 0.717) is 19.8 Å². The molecule has 1 aromatic heterocycles. The van der Waals surface area contributed by atoms with Crippen LogP contribution in [0.2, 0.25) is 0 Å². The van der Waals surface area contributed by atoms with E-state index in [1.807, 2.05) is 54.9 Å². The van der Waals surface area contributed by atoms with Gasteiger partial charge in [-0.15, -0.1) is 0 Å². The van der Waals surface area contributed by atoms with Crippen molar-refractivity contribution in [2.45, 2.75) is 32.0 Å². The van der Waals surface area contributed by atoms with Gasteiger partial charge in [0.2, 0.25) is 5.91 Å². The second-order valence-corrected chi connectivity index (χ2v) is 6.85. The fourth-order valence-electron chi connectivity index (χ4n) is 3.13. The van der Waals surface area contributed by atoms with Crippen LogP contribution in [0.4, 0.5) is 0 Å². The van der Waals surface area contributed by atoms with Crippen molar-refractivity contribution in [1.82, 2.24) is 19.8 Å². The van der Waals surface area contributed by atoms with Crippen molar-refractivity contribution in [2.24, 2.45) is 0 Å². The Morgan fingerprint density at radius 1 is 1.28 bits per heavy atom. The van der Waals surface area contributed by atoms with Crippen molar-refractivity contribution in [2.75, 3.05) is 26.3 Å². The minimum absolute atomic E-state index is 0.0309. The van der Waals surface area contributed by atoms with Crippen LogP contribution in [0.1, 0.15) is 25.5 Å². The fraction of sp³-hybridized carbons (Fsp3) is 0.474. The van der Waals surface area contributed by atoms with Gasteiger partial charge >= 0.3 is 0 Å². The summed E-state index contributed by atoms with van der Waals surface area (Å²) in [5.41, 5.74) is 0.508. The molecule has 1 atom stereocenters. The topological polar surface area (TPSA) is 59.4 Å². The molecule has 1 amide bonds. The van der Waals surface area contributed by atoms with Gasteiger partial charge in [-0.25, -0.2) is 4.98 Å². The van der Waals surface area contributed by atoms with Crippen LogP contribution in [0.25, 0.3) is 0 Å². The number of nitrogens with zero attached hydrogens (tertiary/aromatic N) is 3. The zero-order chi connectivity index (χ0) is 17.7. The maximum Gasteiger partial charge on any atom is 0.240 e. The van der Waals surface area contributed by atoms with Crippen LogP contribution in [-0.4, -0.2) is 52.2 Å². The van der Waals surface area contributed by atoms with Crippen molar-refractivity contribution in [3.8, 4) is 0 Å². The molecule has 0 radical (unpaired) electrons. The second kappa shape index (κ2) is 7.80. The van der Waals surface area contributed by atoms with Gasteiger partial charge in [0.15, 0.2) is 0 Å². The van der Waals surface area contributed by atoms with E-state index < -0.39 is 5.54 Å². The number of carbonyl (C=O) groups is 1. The summed E-state index contributed by atoms with van der Waals surface area (Å²) in [4.78, 5) is 19.3. The van der Waals surface area contributed by atoms with Gasteiger partial charge in [0.05, 0.1) is 31.1 Å². The van der Waals surface area contributed by atoms with Crippen LogP contribution in [0.5, 0.6) is 0 Å². The highest BCUT2D eigenvalue weighted by molar-refractivity contribution is 5.85. The van der Waals surface area contributed by atoms with E-state index in [-0.39, 0.29) is 11.9 Å². The molecule has 134 valence electrons. The molecular formula is C19H26N4O2. The molecule has 1 aliphatic rings. The van der Waals surface area contributed by atoms with Gasteiger partial charge in [-0.05, 0) is 19.4 Å². The molecule has 1 aliphatic heterocycles. The quantitative estimate of drug-likeness (QED) is 0.870. The van der Waals surface area contributed by atoms with Gasteiger partial charge in [0, 0.05) is 32.0 Å². The van der Waals surface area contributed by atoms with Crippen LogP contribution in [0.15, 0.2) is 49.1 Å². The molecule has 0 bridgehead atoms. The lowest BCUT2D eigenvalue weighted by Crippen LogP contribution is -2.58. The lowest BCUT2D eigenvalue weighted by Gasteiger charge is -2.40. The van der Waals surface area contributed by atoms with Crippen LogP contribution in [0.3, 0.4) is 0 Å². The number of amides is 1. The molecule has 1 fully saturated rings. The zero-order valence-corrected chi connectivity index (χ0v) is 14.9. The van der Waals surface area contributed by atoms with Gasteiger partial charge in [-0.3, -0.25) is 9.69 Å². The summed E-state index contributed by atoms with van der Waals surface area (Å²) in [6.07, 6.45) is 5.44. The maximum atomic E-state index is 13.1. The molecule has 6 nitrogen and oxygen atoms in total. The number of imidazole rings is 1. The Balaban J connectivity index is 1.75. The molecule has 1 aromatic carbocycles. The molecule has 25 heavy (non-hydrogen) atoms. The van der Waals surface area contributed by atoms with Crippen LogP contribution in [-0.2, 0) is 16.1 Å². The van der Waals surface area contributed by atoms with Crippen LogP contribution >= 0.6 is 0 Å². The van der Waals surface area contributed by atoms with E-state index in [1.165, 1.54) is 0 Å². The standard InChI is InChI=1S/C19H26N4O2/c1-19(2,23-10-12-25-13-11-23)18(24)21-17(14-22-9-8-20-15-22)16-6-4-3-5-7-16/h3-9,15,17H,10-14H2,1-2H3,(H,21,24). The number of hydrogen-bond donors (Lipinski definition) is 1. The monoisotopic (exact) mass is 342 g/mol. The SMILES string of the molecule is CC(C)(C(=O)NC(Cn1ccnc1)c1ccccc1)N1CCOCC1. The predicted molar refractivity (Wildman–Crippen MR) is 96.0 cm³/mol. The number of rotatable bonds is 6. The third-order valence-electron chi connectivity index (χ3n) is 4.82. The van der Waals surface area contributed by atoms with E-state index in [2.05, 4.69) is 15.2 Å². The van der Waals surface area contributed by atoms with E-state index in [0.717, 1.165) is 18.7 Å². The van der Waals surface area contributed by atoms with Gasteiger partial charge in [0.25, 0.3) is 0 Å². The summed E-state index contributed by atoms with van der Waals surface area (Å²) in [5.74, 6) is 0.0309. The van der Waals surface area contributed by atoms with E-state index >= 15 is 0 Å². The van der Waals surface area contributed by atoms with Crippen molar-refractivity contribution >= 4 is 5.91 Å². The number of morpholine rings is 1. The van der Waals surface area contributed by atoms with Crippen molar-refractivity contribution < 1.29 is 9.53 Å². The molecule has 3 rings (SSSR count). The predicted octanol–water partition coefficient (Wildman–Crippen LogP) is 1.85.